The van der Waals surface area contributed by atoms with Gasteiger partial charge in [0.15, 0.2) is 0 Å². The van der Waals surface area contributed by atoms with Gasteiger partial charge >= 0.3 is 0 Å². The van der Waals surface area contributed by atoms with Crippen LogP contribution in [-0.2, 0) is 0 Å². The summed E-state index contributed by atoms with van der Waals surface area (Å²) in [5, 5.41) is 20.1. The van der Waals surface area contributed by atoms with Crippen LogP contribution < -0.4 is 0 Å². The van der Waals surface area contributed by atoms with Gasteiger partial charge in [-0.1, -0.05) is 45.0 Å². The van der Waals surface area contributed by atoms with E-state index in [2.05, 4.69) is 39.0 Å². The summed E-state index contributed by atoms with van der Waals surface area (Å²) in [6.45, 7) is 6.47. The van der Waals surface area contributed by atoms with Crippen LogP contribution in [0.1, 0.15) is 63.2 Å². The lowest BCUT2D eigenvalue weighted by atomic mass is 9.78. The summed E-state index contributed by atoms with van der Waals surface area (Å²) in [5.41, 5.74) is 1.56. The van der Waals surface area contributed by atoms with Gasteiger partial charge in [0, 0.05) is 0 Å². The molecule has 3 unspecified atom stereocenters. The van der Waals surface area contributed by atoms with Gasteiger partial charge in [0.1, 0.15) is 0 Å². The van der Waals surface area contributed by atoms with Gasteiger partial charge in [-0.2, -0.15) is 5.26 Å². The highest BCUT2D eigenvalue weighted by Gasteiger charge is 2.44. The van der Waals surface area contributed by atoms with Crippen LogP contribution in [0.15, 0.2) is 24.3 Å². The van der Waals surface area contributed by atoms with Crippen LogP contribution in [0, 0.1) is 22.7 Å². The molecule has 0 amide bonds. The first-order valence-corrected chi connectivity index (χ1v) is 7.17. The van der Waals surface area contributed by atoms with Gasteiger partial charge in [-0.3, -0.25) is 0 Å². The number of aliphatic hydroxyl groups excluding tert-OH is 1. The number of benzene rings is 1. The molecule has 2 nitrogen and oxygen atoms in total. The van der Waals surface area contributed by atoms with Crippen LogP contribution in [0.3, 0.4) is 0 Å². The molecule has 102 valence electrons. The van der Waals surface area contributed by atoms with Crippen molar-refractivity contribution in [2.45, 2.75) is 52.1 Å². The molecule has 0 spiro atoms. The van der Waals surface area contributed by atoms with Gasteiger partial charge < -0.3 is 5.11 Å². The highest BCUT2D eigenvalue weighted by atomic mass is 16.3. The molecule has 0 heterocycles. The van der Waals surface area contributed by atoms with E-state index in [9.17, 15) is 10.4 Å². The smallest absolute Gasteiger partial charge is 0.0976 e. The van der Waals surface area contributed by atoms with E-state index in [0.717, 1.165) is 24.8 Å². The summed E-state index contributed by atoms with van der Waals surface area (Å²) in [7, 11) is 0. The minimum absolute atomic E-state index is 0.489. The Bertz CT molecular complexity index is 471. The molecule has 0 aromatic heterocycles. The maximum Gasteiger partial charge on any atom is 0.0976 e. The third kappa shape index (κ3) is 2.67. The molecular weight excluding hydrogens is 234 g/mol. The standard InChI is InChI=1S/C17H23NO/c1-12(2)14-4-6-15(7-5-14)16(19)17(11-18)9-8-13(3)10-17/h4-7,12-13,16,19H,8-10H2,1-3H3. The predicted molar refractivity (Wildman–Crippen MR) is 76.6 cm³/mol. The first-order valence-electron chi connectivity index (χ1n) is 7.17. The second kappa shape index (κ2) is 5.35. The number of nitriles is 1. The zero-order valence-electron chi connectivity index (χ0n) is 12.1. The molecule has 1 aromatic rings. The third-order valence-corrected chi connectivity index (χ3v) is 4.46. The minimum Gasteiger partial charge on any atom is -0.387 e. The zero-order valence-corrected chi connectivity index (χ0v) is 12.1. The van der Waals surface area contributed by atoms with Crippen LogP contribution in [-0.4, -0.2) is 5.11 Å². The second-order valence-corrected chi connectivity index (χ2v) is 6.34. The van der Waals surface area contributed by atoms with E-state index >= 15 is 0 Å². The fourth-order valence-electron chi connectivity index (χ4n) is 3.12. The van der Waals surface area contributed by atoms with Crippen LogP contribution in [0.2, 0.25) is 0 Å². The van der Waals surface area contributed by atoms with Crippen LogP contribution >= 0.6 is 0 Å². The fourth-order valence-corrected chi connectivity index (χ4v) is 3.12. The lowest BCUT2D eigenvalue weighted by molar-refractivity contribution is 0.0647. The van der Waals surface area contributed by atoms with Gasteiger partial charge in [0.25, 0.3) is 0 Å². The van der Waals surface area contributed by atoms with Crippen molar-refractivity contribution in [3.05, 3.63) is 35.4 Å². The van der Waals surface area contributed by atoms with Gasteiger partial charge in [0.2, 0.25) is 0 Å². The predicted octanol–water partition coefficient (Wildman–Crippen LogP) is 4.17. The average Bonchev–Trinajstić information content (AvgIpc) is 2.81. The van der Waals surface area contributed by atoms with Crippen molar-refractivity contribution >= 4 is 0 Å². The monoisotopic (exact) mass is 257 g/mol. The fraction of sp³-hybridized carbons (Fsp3) is 0.588. The first kappa shape index (κ1) is 14.1. The van der Waals surface area contributed by atoms with Crippen molar-refractivity contribution in [1.29, 1.82) is 5.26 Å². The van der Waals surface area contributed by atoms with Gasteiger partial charge in [-0.05, 0) is 42.2 Å². The Kier molecular flexibility index (Phi) is 3.96. The maximum absolute atomic E-state index is 10.6. The number of aliphatic hydroxyl groups is 1. The lowest BCUT2D eigenvalue weighted by Crippen LogP contribution is -2.24. The summed E-state index contributed by atoms with van der Waals surface area (Å²) < 4.78 is 0. The molecule has 2 rings (SSSR count). The van der Waals surface area contributed by atoms with Crippen molar-refractivity contribution in [2.24, 2.45) is 11.3 Å². The van der Waals surface area contributed by atoms with Crippen LogP contribution in [0.25, 0.3) is 0 Å². The molecule has 1 fully saturated rings. The molecule has 2 heteroatoms. The van der Waals surface area contributed by atoms with Gasteiger partial charge in [-0.15, -0.1) is 0 Å². The molecule has 1 aliphatic carbocycles. The van der Waals surface area contributed by atoms with E-state index in [0.29, 0.717) is 11.8 Å². The average molecular weight is 257 g/mol. The van der Waals surface area contributed by atoms with Crippen molar-refractivity contribution in [2.75, 3.05) is 0 Å². The van der Waals surface area contributed by atoms with Crippen molar-refractivity contribution in [3.8, 4) is 6.07 Å². The Morgan fingerprint density at radius 1 is 1.26 bits per heavy atom. The highest BCUT2D eigenvalue weighted by molar-refractivity contribution is 5.29. The first-order chi connectivity index (χ1) is 8.98. The highest BCUT2D eigenvalue weighted by Crippen LogP contribution is 2.49. The minimum atomic E-state index is -0.663. The largest absolute Gasteiger partial charge is 0.387 e. The molecule has 0 bridgehead atoms. The molecule has 0 saturated heterocycles. The van der Waals surface area contributed by atoms with Gasteiger partial charge in [-0.25, -0.2) is 0 Å². The Hall–Kier alpha value is -1.33. The van der Waals surface area contributed by atoms with E-state index in [4.69, 9.17) is 0 Å². The zero-order chi connectivity index (χ0) is 14.0. The van der Waals surface area contributed by atoms with Crippen molar-refractivity contribution in [1.82, 2.24) is 0 Å². The normalized spacial score (nSPS) is 28.3. The summed E-state index contributed by atoms with van der Waals surface area (Å²) in [6.07, 6.45) is 1.98. The van der Waals surface area contributed by atoms with Crippen LogP contribution in [0.5, 0.6) is 0 Å². The summed E-state index contributed by atoms with van der Waals surface area (Å²) in [4.78, 5) is 0. The molecule has 1 N–H and O–H groups in total. The van der Waals surface area contributed by atoms with Gasteiger partial charge in [0.05, 0.1) is 17.6 Å². The molecule has 1 aromatic carbocycles. The number of hydrogen-bond donors (Lipinski definition) is 1. The van der Waals surface area contributed by atoms with E-state index in [1.807, 2.05) is 12.1 Å². The molecule has 0 radical (unpaired) electrons. The third-order valence-electron chi connectivity index (χ3n) is 4.46. The Labute approximate surface area is 116 Å². The SMILES string of the molecule is CC1CCC(C#N)(C(O)c2ccc(C(C)C)cc2)C1. The summed E-state index contributed by atoms with van der Waals surface area (Å²) >= 11 is 0. The van der Waals surface area contributed by atoms with E-state index in [1.165, 1.54) is 5.56 Å². The Morgan fingerprint density at radius 2 is 1.84 bits per heavy atom. The number of nitrogens with zero attached hydrogens (tertiary/aromatic N) is 1. The quantitative estimate of drug-likeness (QED) is 0.883. The molecule has 0 aliphatic heterocycles. The summed E-state index contributed by atoms with van der Waals surface area (Å²) in [6, 6.07) is 10.5. The number of hydrogen-bond acceptors (Lipinski definition) is 2. The Balaban J connectivity index is 2.23. The molecular formula is C17H23NO. The van der Waals surface area contributed by atoms with Crippen LogP contribution in [0.4, 0.5) is 0 Å². The van der Waals surface area contributed by atoms with E-state index < -0.39 is 11.5 Å². The molecule has 1 aliphatic rings. The number of rotatable bonds is 3. The maximum atomic E-state index is 10.6. The molecule has 19 heavy (non-hydrogen) atoms. The van der Waals surface area contributed by atoms with Crippen molar-refractivity contribution in [3.63, 3.8) is 0 Å². The van der Waals surface area contributed by atoms with E-state index in [1.54, 1.807) is 0 Å². The van der Waals surface area contributed by atoms with E-state index in [-0.39, 0.29) is 0 Å². The topological polar surface area (TPSA) is 44.0 Å². The van der Waals surface area contributed by atoms with Crippen molar-refractivity contribution < 1.29 is 5.11 Å². The lowest BCUT2D eigenvalue weighted by Gasteiger charge is -2.27. The molecule has 3 atom stereocenters. The Morgan fingerprint density at radius 3 is 2.26 bits per heavy atom. The summed E-state index contributed by atoms with van der Waals surface area (Å²) in [5.74, 6) is 1.02. The second-order valence-electron chi connectivity index (χ2n) is 6.34. The molecule has 1 saturated carbocycles.